The molecule has 0 unspecified atom stereocenters. The van der Waals surface area contributed by atoms with Crippen LogP contribution in [0.25, 0.3) is 11.1 Å². The lowest BCUT2D eigenvalue weighted by molar-refractivity contribution is 0.0697. The molecule has 0 fully saturated rings. The number of hydrogen-bond donors (Lipinski definition) is 1. The third-order valence-corrected chi connectivity index (χ3v) is 3.14. The molecule has 1 N–H and O–H groups in total. The number of carboxylic acids is 1. The molecule has 0 aliphatic carbocycles. The molecule has 0 aliphatic rings. The van der Waals surface area contributed by atoms with Crippen LogP contribution in [0.5, 0.6) is 0 Å². The number of pyridine rings is 1. The Balaban J connectivity index is 2.49. The summed E-state index contributed by atoms with van der Waals surface area (Å²) >= 11 is 0.910. The van der Waals surface area contributed by atoms with Gasteiger partial charge >= 0.3 is 5.97 Å². The monoisotopic (exact) mass is 255 g/mol. The summed E-state index contributed by atoms with van der Waals surface area (Å²) in [6.07, 6.45) is 0.0997. The Labute approximate surface area is 99.4 Å². The molecular weight excluding hydrogens is 248 g/mol. The maximum atomic E-state index is 12.4. The molecule has 2 aromatic heterocycles. The van der Waals surface area contributed by atoms with Crippen molar-refractivity contribution < 1.29 is 18.7 Å². The third-order valence-electron chi connectivity index (χ3n) is 2.20. The second-order valence-electron chi connectivity index (χ2n) is 3.26. The van der Waals surface area contributed by atoms with Crippen molar-refractivity contribution in [3.63, 3.8) is 0 Å². The molecule has 2 heterocycles. The van der Waals surface area contributed by atoms with Crippen molar-refractivity contribution in [3.8, 4) is 11.1 Å². The van der Waals surface area contributed by atoms with Crippen molar-refractivity contribution in [1.29, 1.82) is 0 Å². The van der Waals surface area contributed by atoms with Gasteiger partial charge in [0, 0.05) is 18.0 Å². The number of halogens is 2. The van der Waals surface area contributed by atoms with Crippen LogP contribution in [0.4, 0.5) is 8.78 Å². The van der Waals surface area contributed by atoms with Crippen molar-refractivity contribution in [3.05, 3.63) is 40.3 Å². The molecular formula is C11H7F2NO2S. The van der Waals surface area contributed by atoms with Crippen LogP contribution in [0.15, 0.2) is 29.9 Å². The number of carbonyl (C=O) groups is 1. The lowest BCUT2D eigenvalue weighted by Crippen LogP contribution is -1.99. The summed E-state index contributed by atoms with van der Waals surface area (Å²) in [6.45, 7) is 0. The van der Waals surface area contributed by atoms with E-state index in [1.807, 2.05) is 0 Å². The van der Waals surface area contributed by atoms with Crippen molar-refractivity contribution in [2.45, 2.75) is 6.43 Å². The van der Waals surface area contributed by atoms with E-state index in [4.69, 9.17) is 5.11 Å². The molecule has 0 saturated carbocycles. The zero-order chi connectivity index (χ0) is 12.4. The van der Waals surface area contributed by atoms with Crippen LogP contribution in [0.3, 0.4) is 0 Å². The molecule has 2 rings (SSSR count). The van der Waals surface area contributed by atoms with E-state index in [2.05, 4.69) is 4.98 Å². The number of rotatable bonds is 3. The largest absolute Gasteiger partial charge is 0.478 e. The molecule has 0 radical (unpaired) electrons. The van der Waals surface area contributed by atoms with Crippen LogP contribution in [0, 0.1) is 0 Å². The van der Waals surface area contributed by atoms with Gasteiger partial charge in [-0.1, -0.05) is 0 Å². The second-order valence-corrected chi connectivity index (χ2v) is 4.21. The Hall–Kier alpha value is -1.82. The minimum absolute atomic E-state index is 0.00566. The number of alkyl halides is 2. The van der Waals surface area contributed by atoms with Gasteiger partial charge in [-0.25, -0.2) is 13.6 Å². The quantitative estimate of drug-likeness (QED) is 0.913. The van der Waals surface area contributed by atoms with Gasteiger partial charge < -0.3 is 5.11 Å². The lowest BCUT2D eigenvalue weighted by Gasteiger charge is -2.02. The van der Waals surface area contributed by atoms with Gasteiger partial charge in [-0.05, 0) is 23.1 Å². The number of thiophene rings is 1. The molecule has 0 aliphatic heterocycles. The van der Waals surface area contributed by atoms with Gasteiger partial charge in [0.05, 0.1) is 10.4 Å². The maximum absolute atomic E-state index is 12.4. The van der Waals surface area contributed by atoms with E-state index >= 15 is 0 Å². The number of nitrogens with zero attached hydrogens (tertiary/aromatic N) is 1. The van der Waals surface area contributed by atoms with Crippen molar-refractivity contribution >= 4 is 17.3 Å². The van der Waals surface area contributed by atoms with E-state index in [0.717, 1.165) is 11.3 Å². The number of aromatic carboxylic acids is 1. The van der Waals surface area contributed by atoms with Gasteiger partial charge in [0.1, 0.15) is 0 Å². The molecule has 88 valence electrons. The number of carboxylic acid groups (broad SMARTS) is 1. The summed E-state index contributed by atoms with van der Waals surface area (Å²) in [4.78, 5) is 14.6. The van der Waals surface area contributed by atoms with E-state index in [-0.39, 0.29) is 10.4 Å². The first-order chi connectivity index (χ1) is 8.09. The van der Waals surface area contributed by atoms with Gasteiger partial charge in [0.2, 0.25) is 0 Å². The minimum Gasteiger partial charge on any atom is -0.478 e. The lowest BCUT2D eigenvalue weighted by atomic mass is 10.0. The van der Waals surface area contributed by atoms with Crippen LogP contribution < -0.4 is 0 Å². The molecule has 17 heavy (non-hydrogen) atoms. The molecule has 2 aromatic rings. The maximum Gasteiger partial charge on any atom is 0.337 e. The summed E-state index contributed by atoms with van der Waals surface area (Å²) < 4.78 is 24.9. The topological polar surface area (TPSA) is 50.2 Å². The highest BCUT2D eigenvalue weighted by molar-refractivity contribution is 7.10. The zero-order valence-electron chi connectivity index (χ0n) is 8.43. The highest BCUT2D eigenvalue weighted by Gasteiger charge is 2.15. The van der Waals surface area contributed by atoms with Crippen molar-refractivity contribution in [2.75, 3.05) is 0 Å². The normalized spacial score (nSPS) is 10.8. The van der Waals surface area contributed by atoms with E-state index < -0.39 is 12.4 Å². The van der Waals surface area contributed by atoms with Crippen molar-refractivity contribution in [2.24, 2.45) is 0 Å². The smallest absolute Gasteiger partial charge is 0.337 e. The fourth-order valence-electron chi connectivity index (χ4n) is 1.43. The summed E-state index contributed by atoms with van der Waals surface area (Å²) in [5.41, 5.74) is 0.881. The molecule has 0 amide bonds. The predicted molar refractivity (Wildman–Crippen MR) is 59.5 cm³/mol. The van der Waals surface area contributed by atoms with E-state index in [1.165, 1.54) is 29.9 Å². The van der Waals surface area contributed by atoms with Gasteiger partial charge in [0.25, 0.3) is 6.43 Å². The first-order valence-corrected chi connectivity index (χ1v) is 5.52. The van der Waals surface area contributed by atoms with E-state index in [1.54, 1.807) is 0 Å². The Morgan fingerprint density at radius 3 is 2.82 bits per heavy atom. The standard InChI is InChI=1S/C11H7F2NO2S/c12-10(13)9-3-6(5-17-9)7-1-2-14-4-8(7)11(15)16/h1-5,10H,(H,15,16). The predicted octanol–water partition coefficient (Wildman–Crippen LogP) is 3.45. The van der Waals surface area contributed by atoms with Crippen LogP contribution in [-0.2, 0) is 0 Å². The Morgan fingerprint density at radius 1 is 1.47 bits per heavy atom. The molecule has 0 saturated heterocycles. The SMILES string of the molecule is O=C(O)c1cnccc1-c1csc(C(F)F)c1. The highest BCUT2D eigenvalue weighted by atomic mass is 32.1. The molecule has 6 heteroatoms. The Bertz CT molecular complexity index is 554. The van der Waals surface area contributed by atoms with E-state index in [9.17, 15) is 13.6 Å². The van der Waals surface area contributed by atoms with Crippen LogP contribution in [-0.4, -0.2) is 16.1 Å². The molecule has 0 bridgehead atoms. The van der Waals surface area contributed by atoms with Gasteiger partial charge in [0.15, 0.2) is 0 Å². The fraction of sp³-hybridized carbons (Fsp3) is 0.0909. The van der Waals surface area contributed by atoms with Crippen LogP contribution in [0.1, 0.15) is 21.7 Å². The minimum atomic E-state index is -2.54. The molecule has 0 aromatic carbocycles. The van der Waals surface area contributed by atoms with Crippen LogP contribution in [0.2, 0.25) is 0 Å². The third kappa shape index (κ3) is 2.31. The first-order valence-electron chi connectivity index (χ1n) is 4.64. The Morgan fingerprint density at radius 2 is 2.24 bits per heavy atom. The van der Waals surface area contributed by atoms with Crippen LogP contribution >= 0.6 is 11.3 Å². The Kier molecular flexibility index (Phi) is 3.14. The molecule has 0 atom stereocenters. The van der Waals surface area contributed by atoms with Crippen molar-refractivity contribution in [1.82, 2.24) is 4.98 Å². The average molecular weight is 255 g/mol. The van der Waals surface area contributed by atoms with Gasteiger partial charge in [-0.3, -0.25) is 4.98 Å². The van der Waals surface area contributed by atoms with Gasteiger partial charge in [-0.15, -0.1) is 11.3 Å². The number of aromatic nitrogens is 1. The summed E-state index contributed by atoms with van der Waals surface area (Å²) in [7, 11) is 0. The first kappa shape index (κ1) is 11.7. The highest BCUT2D eigenvalue weighted by Crippen LogP contribution is 2.32. The van der Waals surface area contributed by atoms with Gasteiger partial charge in [-0.2, -0.15) is 0 Å². The summed E-state index contributed by atoms with van der Waals surface area (Å²) in [5, 5.41) is 10.5. The fourth-order valence-corrected chi connectivity index (χ4v) is 2.18. The summed E-state index contributed by atoms with van der Waals surface area (Å²) in [6, 6.07) is 2.80. The zero-order valence-corrected chi connectivity index (χ0v) is 9.25. The summed E-state index contributed by atoms with van der Waals surface area (Å²) in [5.74, 6) is -1.13. The molecule has 0 spiro atoms. The van der Waals surface area contributed by atoms with E-state index in [0.29, 0.717) is 11.1 Å². The second kappa shape index (κ2) is 4.58. The molecule has 3 nitrogen and oxygen atoms in total. The number of hydrogen-bond acceptors (Lipinski definition) is 3. The average Bonchev–Trinajstić information content (AvgIpc) is 2.78.